The minimum atomic E-state index is -0.309. The first kappa shape index (κ1) is 42.3. The Bertz CT molecular complexity index is 1630. The predicted molar refractivity (Wildman–Crippen MR) is 218 cm³/mol. The zero-order valence-electron chi connectivity index (χ0n) is 33.4. The number of amides is 1. The Kier molecular flexibility index (Phi) is 16.5. The van der Waals surface area contributed by atoms with E-state index in [0.717, 1.165) is 42.7 Å². The molecular formula is C46H62N2O7. The van der Waals surface area contributed by atoms with E-state index in [1.54, 1.807) is 6.08 Å². The summed E-state index contributed by atoms with van der Waals surface area (Å²) in [5, 5.41) is 6.69. The summed E-state index contributed by atoms with van der Waals surface area (Å²) in [6, 6.07) is 18.7. The quantitative estimate of drug-likeness (QED) is 0.0393. The van der Waals surface area contributed by atoms with Gasteiger partial charge in [0, 0.05) is 44.2 Å². The van der Waals surface area contributed by atoms with E-state index >= 15 is 0 Å². The molecule has 1 aliphatic carbocycles. The second-order valence-corrected chi connectivity index (χ2v) is 15.0. The molecule has 5 rings (SSSR count). The van der Waals surface area contributed by atoms with Crippen molar-refractivity contribution in [2.75, 3.05) is 53.2 Å². The van der Waals surface area contributed by atoms with Crippen LogP contribution in [-0.2, 0) is 35.1 Å². The second kappa shape index (κ2) is 21.5. The molecule has 0 aromatic heterocycles. The molecule has 298 valence electrons. The molecule has 1 amide bonds. The van der Waals surface area contributed by atoms with Crippen LogP contribution in [0.2, 0.25) is 0 Å². The van der Waals surface area contributed by atoms with Crippen molar-refractivity contribution in [3.63, 3.8) is 0 Å². The predicted octanol–water partition coefficient (Wildman–Crippen LogP) is 7.61. The zero-order valence-corrected chi connectivity index (χ0v) is 33.4. The van der Waals surface area contributed by atoms with Crippen molar-refractivity contribution in [2.24, 2.45) is 11.8 Å². The number of hydrogen-bond donors (Lipinski definition) is 2. The molecule has 1 spiro atoms. The van der Waals surface area contributed by atoms with Gasteiger partial charge in [0.15, 0.2) is 0 Å². The van der Waals surface area contributed by atoms with Crippen molar-refractivity contribution >= 4 is 5.91 Å². The molecule has 0 bridgehead atoms. The van der Waals surface area contributed by atoms with Crippen LogP contribution in [0.15, 0.2) is 115 Å². The van der Waals surface area contributed by atoms with Gasteiger partial charge in [0.2, 0.25) is 5.91 Å². The first-order valence-corrected chi connectivity index (χ1v) is 19.8. The van der Waals surface area contributed by atoms with Crippen LogP contribution in [0, 0.1) is 11.8 Å². The average molecular weight is 755 g/mol. The molecule has 7 atom stereocenters. The molecule has 3 aliphatic rings. The maximum absolute atomic E-state index is 12.0. The number of hydrogen-bond acceptors (Lipinski definition) is 8. The molecule has 2 aromatic carbocycles. The standard InChI is InChI=1S/C46H62N2O7/c1-6-7-8-9-10-11-15-21-41(49)47-26-28-51-30-31-52-29-27-48-42(37-19-16-20-38(32-37)53-33-36-17-13-12-14-18-36)39-24-25-46(34-54-46)44(43(39)50-5)45(4)40(55-45)23-22-35(2)3/h6-22,32,39-40,42-44,48H,23-31,33-34H2,1-5H3,(H,47,49)/b7-6+,9-8+,11-10+,21-15+/t39-,40-,42?,43+,44-,45+,46+/m1/s1. The Balaban J connectivity index is 1.15. The van der Waals surface area contributed by atoms with E-state index in [0.29, 0.717) is 46.1 Å². The molecule has 1 saturated carbocycles. The van der Waals surface area contributed by atoms with Gasteiger partial charge in [-0.1, -0.05) is 96.6 Å². The van der Waals surface area contributed by atoms with Crippen molar-refractivity contribution in [1.29, 1.82) is 0 Å². The van der Waals surface area contributed by atoms with Gasteiger partial charge >= 0.3 is 0 Å². The molecule has 0 radical (unpaired) electrons. The van der Waals surface area contributed by atoms with Crippen LogP contribution in [-0.4, -0.2) is 82.6 Å². The lowest BCUT2D eigenvalue weighted by Gasteiger charge is -2.46. The van der Waals surface area contributed by atoms with E-state index in [4.69, 9.17) is 28.4 Å². The van der Waals surface area contributed by atoms with Gasteiger partial charge < -0.3 is 39.1 Å². The number of epoxide rings is 2. The van der Waals surface area contributed by atoms with Gasteiger partial charge in [-0.25, -0.2) is 0 Å². The summed E-state index contributed by atoms with van der Waals surface area (Å²) in [6.45, 7) is 12.7. The van der Waals surface area contributed by atoms with Crippen LogP contribution in [0.4, 0.5) is 0 Å². The van der Waals surface area contributed by atoms with Crippen molar-refractivity contribution in [2.45, 2.75) is 83.0 Å². The van der Waals surface area contributed by atoms with Gasteiger partial charge in [0.1, 0.15) is 18.0 Å². The molecule has 2 aromatic rings. The highest BCUT2D eigenvalue weighted by molar-refractivity contribution is 5.87. The summed E-state index contributed by atoms with van der Waals surface area (Å²) >= 11 is 0. The highest BCUT2D eigenvalue weighted by atomic mass is 16.6. The lowest BCUT2D eigenvalue weighted by molar-refractivity contribution is -0.116. The van der Waals surface area contributed by atoms with Gasteiger partial charge in [-0.2, -0.15) is 0 Å². The third kappa shape index (κ3) is 12.6. The van der Waals surface area contributed by atoms with Crippen LogP contribution in [0.5, 0.6) is 5.75 Å². The minimum Gasteiger partial charge on any atom is -0.489 e. The van der Waals surface area contributed by atoms with Crippen molar-refractivity contribution in [1.82, 2.24) is 10.6 Å². The number of benzene rings is 2. The van der Waals surface area contributed by atoms with Crippen LogP contribution >= 0.6 is 0 Å². The maximum Gasteiger partial charge on any atom is 0.244 e. The molecule has 55 heavy (non-hydrogen) atoms. The maximum atomic E-state index is 12.0. The number of ether oxygens (including phenoxy) is 6. The molecule has 2 aliphatic heterocycles. The third-order valence-electron chi connectivity index (χ3n) is 10.8. The Labute approximate surface area is 328 Å². The Morgan fingerprint density at radius 2 is 1.67 bits per heavy atom. The molecule has 3 fully saturated rings. The van der Waals surface area contributed by atoms with Gasteiger partial charge in [0.25, 0.3) is 0 Å². The van der Waals surface area contributed by atoms with Crippen molar-refractivity contribution in [3.05, 3.63) is 126 Å². The third-order valence-corrected chi connectivity index (χ3v) is 10.8. The average Bonchev–Trinajstić information content (AvgIpc) is 4.11. The number of rotatable bonds is 23. The molecule has 9 heteroatoms. The van der Waals surface area contributed by atoms with Gasteiger partial charge in [-0.05, 0) is 70.2 Å². The summed E-state index contributed by atoms with van der Waals surface area (Å²) in [4.78, 5) is 12.0. The van der Waals surface area contributed by atoms with Gasteiger partial charge in [-0.3, -0.25) is 4.79 Å². The van der Waals surface area contributed by atoms with Crippen LogP contribution in [0.3, 0.4) is 0 Å². The fraction of sp³-hybridized carbons (Fsp3) is 0.500. The molecule has 1 unspecified atom stereocenters. The second-order valence-electron chi connectivity index (χ2n) is 15.0. The lowest BCUT2D eigenvalue weighted by Crippen LogP contribution is -2.55. The minimum absolute atomic E-state index is 0.00918. The van der Waals surface area contributed by atoms with E-state index in [-0.39, 0.29) is 47.2 Å². The Morgan fingerprint density at radius 3 is 2.38 bits per heavy atom. The number of methoxy groups -OCH3 is 1. The van der Waals surface area contributed by atoms with E-state index < -0.39 is 0 Å². The number of allylic oxidation sites excluding steroid dienone is 8. The van der Waals surface area contributed by atoms with Crippen LogP contribution in [0.25, 0.3) is 0 Å². The van der Waals surface area contributed by atoms with Gasteiger partial charge in [0.05, 0.1) is 50.8 Å². The summed E-state index contributed by atoms with van der Waals surface area (Å²) < 4.78 is 37.3. The van der Waals surface area contributed by atoms with E-state index in [9.17, 15) is 4.79 Å². The highest BCUT2D eigenvalue weighted by Crippen LogP contribution is 2.61. The van der Waals surface area contributed by atoms with Crippen LogP contribution in [0.1, 0.15) is 64.1 Å². The monoisotopic (exact) mass is 754 g/mol. The first-order valence-electron chi connectivity index (χ1n) is 19.8. The van der Waals surface area contributed by atoms with E-state index in [1.165, 1.54) is 11.6 Å². The normalized spacial score (nSPS) is 26.6. The van der Waals surface area contributed by atoms with Crippen molar-refractivity contribution in [3.8, 4) is 5.75 Å². The summed E-state index contributed by atoms with van der Waals surface area (Å²) in [6.07, 6.45) is 19.8. The Morgan fingerprint density at radius 1 is 0.945 bits per heavy atom. The Hall–Kier alpha value is -3.83. The largest absolute Gasteiger partial charge is 0.489 e. The van der Waals surface area contributed by atoms with Crippen LogP contribution < -0.4 is 15.4 Å². The summed E-state index contributed by atoms with van der Waals surface area (Å²) in [5.41, 5.74) is 3.09. The topological polar surface area (TPSA) is 103 Å². The molecule has 2 saturated heterocycles. The number of nitrogens with one attached hydrogen (secondary N) is 2. The first-order chi connectivity index (χ1) is 26.8. The van der Waals surface area contributed by atoms with Gasteiger partial charge in [-0.15, -0.1) is 0 Å². The zero-order chi connectivity index (χ0) is 38.9. The fourth-order valence-electron chi connectivity index (χ4n) is 7.86. The van der Waals surface area contributed by atoms with E-state index in [1.807, 2.05) is 74.8 Å². The smallest absolute Gasteiger partial charge is 0.244 e. The fourth-order valence-corrected chi connectivity index (χ4v) is 7.86. The summed E-state index contributed by atoms with van der Waals surface area (Å²) in [7, 11) is 1.84. The number of carbonyl (C=O) groups excluding carboxylic acids is 1. The van der Waals surface area contributed by atoms with E-state index in [2.05, 4.69) is 67.8 Å². The molecule has 2 heterocycles. The molecular weight excluding hydrogens is 693 g/mol. The number of carbonyl (C=O) groups is 1. The molecule has 2 N–H and O–H groups in total. The lowest BCUT2D eigenvalue weighted by atomic mass is 9.63. The SMILES string of the molecule is C/C=C/C=C/C=C/C=C/C(=O)NCCOCCOCCNC(c1cccc(OCc2ccccc2)c1)[C@H]1CC[C@]2(CO2)[C@@H]([C@@]2(C)O[C@@H]2CC=C(C)C)[C@H]1OC. The highest BCUT2D eigenvalue weighted by Gasteiger charge is 2.72. The molecule has 9 nitrogen and oxygen atoms in total. The summed E-state index contributed by atoms with van der Waals surface area (Å²) in [5.74, 6) is 0.964. The van der Waals surface area contributed by atoms with Crippen molar-refractivity contribution < 1.29 is 33.2 Å².